The highest BCUT2D eigenvalue weighted by molar-refractivity contribution is 5.75. The van der Waals surface area contributed by atoms with Gasteiger partial charge in [-0.3, -0.25) is 4.79 Å². The Morgan fingerprint density at radius 3 is 2.55 bits per heavy atom. The molecule has 1 saturated carbocycles. The van der Waals surface area contributed by atoms with Gasteiger partial charge in [0.1, 0.15) is 5.82 Å². The van der Waals surface area contributed by atoms with E-state index >= 15 is 0 Å². The van der Waals surface area contributed by atoms with E-state index in [9.17, 15) is 14.3 Å². The van der Waals surface area contributed by atoms with E-state index < -0.39 is 5.60 Å². The molecule has 0 heterocycles. The molecule has 122 valence electrons. The van der Waals surface area contributed by atoms with Crippen molar-refractivity contribution < 1.29 is 14.3 Å². The van der Waals surface area contributed by atoms with E-state index in [0.29, 0.717) is 19.4 Å². The second-order valence-electron chi connectivity index (χ2n) is 6.48. The molecule has 0 unspecified atom stereocenters. The standard InChI is InChI=1S/C18H26FNO2/c1-20(14-13-18(22)11-2-3-12-18)17(21)6-4-5-15-7-9-16(19)10-8-15/h7-10,22H,2-6,11-14H2,1H3. The molecule has 0 aliphatic heterocycles. The maximum absolute atomic E-state index is 12.8. The molecule has 0 spiro atoms. The number of carbonyl (C=O) groups is 1. The summed E-state index contributed by atoms with van der Waals surface area (Å²) in [5.74, 6) is -0.117. The van der Waals surface area contributed by atoms with Gasteiger partial charge in [0, 0.05) is 20.0 Å². The van der Waals surface area contributed by atoms with Crippen molar-refractivity contribution in [1.29, 1.82) is 0 Å². The van der Waals surface area contributed by atoms with Crippen molar-refractivity contribution in [2.45, 2.75) is 57.0 Å². The lowest BCUT2D eigenvalue weighted by Gasteiger charge is -2.25. The molecule has 1 aromatic rings. The van der Waals surface area contributed by atoms with Crippen molar-refractivity contribution in [3.63, 3.8) is 0 Å². The van der Waals surface area contributed by atoms with Crippen LogP contribution in [0.15, 0.2) is 24.3 Å². The van der Waals surface area contributed by atoms with Gasteiger partial charge in [0.2, 0.25) is 5.91 Å². The third-order valence-corrected chi connectivity index (χ3v) is 4.64. The number of nitrogens with zero attached hydrogens (tertiary/aromatic N) is 1. The number of rotatable bonds is 7. The number of hydrogen-bond donors (Lipinski definition) is 1. The zero-order valence-corrected chi connectivity index (χ0v) is 13.4. The predicted octanol–water partition coefficient (Wildman–Crippen LogP) is 3.30. The lowest BCUT2D eigenvalue weighted by molar-refractivity contribution is -0.130. The maximum atomic E-state index is 12.8. The van der Waals surface area contributed by atoms with Gasteiger partial charge in [-0.15, -0.1) is 0 Å². The average Bonchev–Trinajstić information content (AvgIpc) is 2.94. The topological polar surface area (TPSA) is 40.5 Å². The molecule has 22 heavy (non-hydrogen) atoms. The molecule has 1 aliphatic carbocycles. The van der Waals surface area contributed by atoms with E-state index in [1.807, 2.05) is 0 Å². The van der Waals surface area contributed by atoms with Crippen LogP contribution < -0.4 is 0 Å². The van der Waals surface area contributed by atoms with Gasteiger partial charge in [0.25, 0.3) is 0 Å². The molecule has 0 radical (unpaired) electrons. The molecule has 0 saturated heterocycles. The molecule has 1 amide bonds. The summed E-state index contributed by atoms with van der Waals surface area (Å²) in [6, 6.07) is 6.43. The second-order valence-corrected chi connectivity index (χ2v) is 6.48. The summed E-state index contributed by atoms with van der Waals surface area (Å²) in [5, 5.41) is 10.3. The SMILES string of the molecule is CN(CCC1(O)CCCC1)C(=O)CCCc1ccc(F)cc1. The summed E-state index contributed by atoms with van der Waals surface area (Å²) in [5.41, 5.74) is 0.500. The van der Waals surface area contributed by atoms with Crippen LogP contribution >= 0.6 is 0 Å². The molecule has 1 N–H and O–H groups in total. The van der Waals surface area contributed by atoms with Gasteiger partial charge in [-0.1, -0.05) is 25.0 Å². The van der Waals surface area contributed by atoms with Gasteiger partial charge in [-0.2, -0.15) is 0 Å². The van der Waals surface area contributed by atoms with Crippen LogP contribution in [0.1, 0.15) is 50.5 Å². The van der Waals surface area contributed by atoms with Crippen LogP contribution in [0.25, 0.3) is 0 Å². The highest BCUT2D eigenvalue weighted by Crippen LogP contribution is 2.32. The van der Waals surface area contributed by atoms with E-state index in [-0.39, 0.29) is 11.7 Å². The first-order valence-corrected chi connectivity index (χ1v) is 8.19. The number of aryl methyl sites for hydroxylation is 1. The zero-order valence-electron chi connectivity index (χ0n) is 13.4. The summed E-state index contributed by atoms with van der Waals surface area (Å²) in [4.78, 5) is 13.8. The molecule has 0 atom stereocenters. The van der Waals surface area contributed by atoms with Crippen molar-refractivity contribution >= 4 is 5.91 Å². The monoisotopic (exact) mass is 307 g/mol. The van der Waals surface area contributed by atoms with Crippen LogP contribution in [0.3, 0.4) is 0 Å². The van der Waals surface area contributed by atoms with Crippen LogP contribution in [0, 0.1) is 5.82 Å². The van der Waals surface area contributed by atoms with Crippen molar-refractivity contribution in [1.82, 2.24) is 4.90 Å². The fraction of sp³-hybridized carbons (Fsp3) is 0.611. The molecule has 0 aromatic heterocycles. The number of carbonyl (C=O) groups excluding carboxylic acids is 1. The first kappa shape index (κ1) is 16.9. The Morgan fingerprint density at radius 2 is 1.91 bits per heavy atom. The van der Waals surface area contributed by atoms with Gasteiger partial charge < -0.3 is 10.0 Å². The third kappa shape index (κ3) is 5.09. The van der Waals surface area contributed by atoms with Crippen molar-refractivity contribution in [3.8, 4) is 0 Å². The lowest BCUT2D eigenvalue weighted by Crippen LogP contribution is -2.34. The number of hydrogen-bond acceptors (Lipinski definition) is 2. The van der Waals surface area contributed by atoms with Gasteiger partial charge >= 0.3 is 0 Å². The van der Waals surface area contributed by atoms with Gasteiger partial charge in [0.05, 0.1) is 5.60 Å². The van der Waals surface area contributed by atoms with Crippen molar-refractivity contribution in [2.75, 3.05) is 13.6 Å². The smallest absolute Gasteiger partial charge is 0.222 e. The number of halogens is 1. The highest BCUT2D eigenvalue weighted by atomic mass is 19.1. The molecule has 1 aromatic carbocycles. The zero-order chi connectivity index (χ0) is 16.0. The minimum Gasteiger partial charge on any atom is -0.390 e. The van der Waals surface area contributed by atoms with E-state index in [1.54, 1.807) is 24.1 Å². The Kier molecular flexibility index (Phi) is 5.95. The van der Waals surface area contributed by atoms with Crippen LogP contribution in [-0.4, -0.2) is 35.1 Å². The minimum atomic E-state index is -0.553. The Balaban J connectivity index is 1.66. The number of aliphatic hydroxyl groups is 1. The molecule has 2 rings (SSSR count). The molecular weight excluding hydrogens is 281 g/mol. The lowest BCUT2D eigenvalue weighted by atomic mass is 9.98. The number of benzene rings is 1. The summed E-state index contributed by atoms with van der Waals surface area (Å²) in [6.07, 6.45) is 6.61. The quantitative estimate of drug-likeness (QED) is 0.839. The fourth-order valence-electron chi connectivity index (χ4n) is 3.07. The summed E-state index contributed by atoms with van der Waals surface area (Å²) in [7, 11) is 1.80. The van der Waals surface area contributed by atoms with E-state index in [4.69, 9.17) is 0 Å². The normalized spacial score (nSPS) is 16.7. The summed E-state index contributed by atoms with van der Waals surface area (Å²) in [6.45, 7) is 0.617. The average molecular weight is 307 g/mol. The van der Waals surface area contributed by atoms with Crippen LogP contribution in [0.4, 0.5) is 4.39 Å². The minimum absolute atomic E-state index is 0.115. The van der Waals surface area contributed by atoms with Crippen LogP contribution in [0.2, 0.25) is 0 Å². The first-order chi connectivity index (χ1) is 10.5. The molecule has 0 bridgehead atoms. The third-order valence-electron chi connectivity index (χ3n) is 4.64. The molecule has 1 aliphatic rings. The second kappa shape index (κ2) is 7.73. The first-order valence-electron chi connectivity index (χ1n) is 8.19. The Hall–Kier alpha value is -1.42. The fourth-order valence-corrected chi connectivity index (χ4v) is 3.07. The van der Waals surface area contributed by atoms with Crippen molar-refractivity contribution in [3.05, 3.63) is 35.6 Å². The Morgan fingerprint density at radius 1 is 1.27 bits per heavy atom. The van der Waals surface area contributed by atoms with E-state index in [1.165, 1.54) is 12.1 Å². The van der Waals surface area contributed by atoms with E-state index in [0.717, 1.165) is 44.1 Å². The van der Waals surface area contributed by atoms with Gasteiger partial charge in [-0.05, 0) is 49.8 Å². The summed E-state index contributed by atoms with van der Waals surface area (Å²) < 4.78 is 12.8. The Labute approximate surface area is 132 Å². The van der Waals surface area contributed by atoms with Crippen molar-refractivity contribution in [2.24, 2.45) is 0 Å². The largest absolute Gasteiger partial charge is 0.390 e. The number of amides is 1. The maximum Gasteiger partial charge on any atom is 0.222 e. The molecule has 1 fully saturated rings. The molecular formula is C18H26FNO2. The van der Waals surface area contributed by atoms with Gasteiger partial charge in [-0.25, -0.2) is 4.39 Å². The van der Waals surface area contributed by atoms with Gasteiger partial charge in [0.15, 0.2) is 0 Å². The van der Waals surface area contributed by atoms with E-state index in [2.05, 4.69) is 0 Å². The van der Waals surface area contributed by atoms with Crippen LogP contribution in [-0.2, 0) is 11.2 Å². The van der Waals surface area contributed by atoms with Crippen LogP contribution in [0.5, 0.6) is 0 Å². The molecule has 3 nitrogen and oxygen atoms in total. The Bertz CT molecular complexity index is 480. The highest BCUT2D eigenvalue weighted by Gasteiger charge is 2.31. The molecule has 4 heteroatoms. The predicted molar refractivity (Wildman–Crippen MR) is 85.0 cm³/mol. The summed E-state index contributed by atoms with van der Waals surface area (Å²) >= 11 is 0.